The Morgan fingerprint density at radius 2 is 1.53 bits per heavy atom. The molecule has 0 bridgehead atoms. The van der Waals surface area contributed by atoms with Crippen molar-refractivity contribution >= 4 is 5.22 Å². The molecule has 0 amide bonds. The van der Waals surface area contributed by atoms with Crippen molar-refractivity contribution in [2.24, 2.45) is 0 Å². The first-order chi connectivity index (χ1) is 7.24. The van der Waals surface area contributed by atoms with E-state index in [0.29, 0.717) is 0 Å². The molecule has 0 aromatic rings. The summed E-state index contributed by atoms with van der Waals surface area (Å²) in [5.41, 5.74) is 2.58. The van der Waals surface area contributed by atoms with Gasteiger partial charge in [-0.25, -0.2) is 0 Å². The van der Waals surface area contributed by atoms with Gasteiger partial charge in [-0.3, -0.25) is 0 Å². The van der Waals surface area contributed by atoms with Crippen molar-refractivity contribution < 1.29 is 18.4 Å². The number of carbonyl (C=O) groups excluding carboxylic acids is 1. The molecule has 0 atom stereocenters. The fraction of sp³-hybridized carbons (Fsp3) is 0.308. The maximum absolute atomic E-state index is 11.3. The van der Waals surface area contributed by atoms with Crippen LogP contribution in [0.25, 0.3) is 0 Å². The van der Waals surface area contributed by atoms with Crippen LogP contribution in [-0.2, 0) is 18.4 Å². The Labute approximate surface area is 95.0 Å². The number of rotatable bonds is 3. The Balaban J connectivity index is 2.30. The van der Waals surface area contributed by atoms with E-state index in [4.69, 9.17) is 0 Å². The fourth-order valence-corrected chi connectivity index (χ4v) is 4.25. The molecule has 0 radical (unpaired) electrons. The summed E-state index contributed by atoms with van der Waals surface area (Å²) in [5.74, 6) is 0. The van der Waals surface area contributed by atoms with Crippen molar-refractivity contribution in [3.8, 4) is 0 Å². The van der Waals surface area contributed by atoms with E-state index in [1.165, 1.54) is 20.2 Å². The van der Waals surface area contributed by atoms with E-state index < -0.39 is 13.7 Å². The van der Waals surface area contributed by atoms with Crippen LogP contribution >= 0.6 is 0 Å². The van der Waals surface area contributed by atoms with E-state index in [0.717, 1.165) is 18.1 Å². The van der Waals surface area contributed by atoms with Crippen LogP contribution in [0.2, 0.25) is 0 Å². The number of hydrogen-bond donors (Lipinski definition) is 0. The van der Waals surface area contributed by atoms with Gasteiger partial charge < -0.3 is 0 Å². The molecule has 2 heteroatoms. The second-order valence-corrected chi connectivity index (χ2v) is 6.05. The average Bonchev–Trinajstić information content (AvgIpc) is 2.80. The van der Waals surface area contributed by atoms with Gasteiger partial charge >= 0.3 is 94.8 Å². The van der Waals surface area contributed by atoms with Gasteiger partial charge in [-0.05, 0) is 0 Å². The first kappa shape index (κ1) is 10.6. The van der Waals surface area contributed by atoms with Gasteiger partial charge in [0.1, 0.15) is 0 Å². The van der Waals surface area contributed by atoms with Gasteiger partial charge in [0, 0.05) is 0 Å². The van der Waals surface area contributed by atoms with E-state index in [1.54, 1.807) is 0 Å². The summed E-state index contributed by atoms with van der Waals surface area (Å²) in [5, 5.41) is 1.16. The van der Waals surface area contributed by atoms with E-state index >= 15 is 0 Å². The van der Waals surface area contributed by atoms with Crippen molar-refractivity contribution in [1.82, 2.24) is 0 Å². The molecule has 2 rings (SSSR count). The van der Waals surface area contributed by atoms with E-state index in [-0.39, 0.29) is 0 Å². The summed E-state index contributed by atoms with van der Waals surface area (Å²) in [6, 6.07) is 0. The summed E-state index contributed by atoms with van der Waals surface area (Å²) in [6.07, 6.45) is 10.5. The zero-order valence-corrected chi connectivity index (χ0v) is 10.1. The molecule has 15 heavy (non-hydrogen) atoms. The van der Waals surface area contributed by atoms with Crippen LogP contribution in [0.1, 0.15) is 26.7 Å². The Hall–Kier alpha value is -0.864. The van der Waals surface area contributed by atoms with Gasteiger partial charge in [0.15, 0.2) is 0 Å². The van der Waals surface area contributed by atoms with Crippen LogP contribution in [0, 0.1) is 0 Å². The molecule has 2 aliphatic carbocycles. The molecule has 0 heterocycles. The summed E-state index contributed by atoms with van der Waals surface area (Å²) in [6.45, 7) is 4.21. The molecule has 0 N–H and O–H groups in total. The molecule has 0 saturated heterocycles. The predicted octanol–water partition coefficient (Wildman–Crippen LogP) is 3.26. The number of carbonyl (C=O) groups is 1. The van der Waals surface area contributed by atoms with Crippen LogP contribution in [-0.4, -0.2) is 5.22 Å². The van der Waals surface area contributed by atoms with Crippen LogP contribution in [0.4, 0.5) is 0 Å². The third-order valence-corrected chi connectivity index (χ3v) is 5.49. The van der Waals surface area contributed by atoms with Gasteiger partial charge in [0.25, 0.3) is 0 Å². The molecule has 0 fully saturated rings. The minimum atomic E-state index is -0.661. The van der Waals surface area contributed by atoms with Crippen molar-refractivity contribution in [1.29, 1.82) is 0 Å². The quantitative estimate of drug-likeness (QED) is 0.698. The van der Waals surface area contributed by atoms with Gasteiger partial charge in [-0.2, -0.15) is 0 Å². The van der Waals surface area contributed by atoms with Crippen LogP contribution < -0.4 is 0 Å². The van der Waals surface area contributed by atoms with Crippen LogP contribution in [0.3, 0.4) is 0 Å². The second-order valence-electron chi connectivity index (χ2n) is 3.69. The molecular weight excluding hydrogens is 231 g/mol. The summed E-state index contributed by atoms with van der Waals surface area (Å²) in [4.78, 5) is 11.3. The summed E-state index contributed by atoms with van der Waals surface area (Å²) >= 11 is -0.661. The first-order valence-corrected chi connectivity index (χ1v) is 6.67. The van der Waals surface area contributed by atoms with Crippen molar-refractivity contribution in [3.63, 3.8) is 0 Å². The first-order valence-electron chi connectivity index (χ1n) is 5.03. The van der Waals surface area contributed by atoms with Gasteiger partial charge in [-0.15, -0.1) is 0 Å². The molecule has 2 aliphatic rings. The second kappa shape index (κ2) is 4.33. The zero-order chi connectivity index (χ0) is 10.8. The topological polar surface area (TPSA) is 17.1 Å². The third kappa shape index (κ3) is 1.92. The Bertz CT molecular complexity index is 374. The minimum absolute atomic E-state index is 0.661. The van der Waals surface area contributed by atoms with Crippen molar-refractivity contribution in [2.45, 2.75) is 26.7 Å². The average molecular weight is 246 g/mol. The molecule has 0 saturated carbocycles. The Kier molecular flexibility index (Phi) is 3.07. The monoisotopic (exact) mass is 246 g/mol. The van der Waals surface area contributed by atoms with Gasteiger partial charge in [-0.1, -0.05) is 0 Å². The zero-order valence-electron chi connectivity index (χ0n) is 9.04. The van der Waals surface area contributed by atoms with E-state index in [9.17, 15) is 4.79 Å². The van der Waals surface area contributed by atoms with Gasteiger partial charge in [0.2, 0.25) is 0 Å². The van der Waals surface area contributed by atoms with Crippen LogP contribution in [0.15, 0.2) is 44.5 Å². The molecule has 0 aliphatic heterocycles. The van der Waals surface area contributed by atoms with Crippen LogP contribution in [0.5, 0.6) is 0 Å². The molecule has 82 valence electrons. The summed E-state index contributed by atoms with van der Waals surface area (Å²) < 4.78 is 2.69. The molecule has 1 nitrogen and oxygen atoms in total. The van der Waals surface area contributed by atoms with Gasteiger partial charge in [0.05, 0.1) is 0 Å². The van der Waals surface area contributed by atoms with Crippen molar-refractivity contribution in [2.75, 3.05) is 0 Å². The third-order valence-electron chi connectivity index (χ3n) is 2.64. The predicted molar refractivity (Wildman–Crippen MR) is 59.7 cm³/mol. The molecule has 0 unspecified atom stereocenters. The fourth-order valence-electron chi connectivity index (χ4n) is 1.81. The Morgan fingerprint density at radius 1 is 1.07 bits per heavy atom. The number of allylic oxidation sites excluding steroid dienone is 8. The Morgan fingerprint density at radius 3 is 1.80 bits per heavy atom. The molecular formula is C13H15CoO. The van der Waals surface area contributed by atoms with E-state index in [1.807, 2.05) is 0 Å². The van der Waals surface area contributed by atoms with Crippen molar-refractivity contribution in [3.05, 3.63) is 44.5 Å². The van der Waals surface area contributed by atoms with E-state index in [2.05, 4.69) is 38.2 Å². The molecule has 0 aromatic heterocycles. The summed E-state index contributed by atoms with van der Waals surface area (Å²) in [7, 11) is 0. The molecule has 0 aromatic carbocycles. The standard InChI is InChI=1S/2C6H7.CHO.Co/c2*1-6-4-2-3-5-6;1-2;/h2*2,4H,3H2,1H3;1H;. The molecule has 0 spiro atoms. The normalized spacial score (nSPS) is 20.5. The maximum atomic E-state index is 11.3. The SMILES string of the molecule is CC1=[C]([Co]([CH]=O)[C]2=C(C)C=CC2)CC=C1. The number of hydrogen-bond acceptors (Lipinski definition) is 1.